The van der Waals surface area contributed by atoms with Gasteiger partial charge in [-0.2, -0.15) is 0 Å². The Bertz CT molecular complexity index is 745. The standard InChI is InChI=1S/C20H28N4O2S/c1-14(2)11-18-22-23-19(27-18)16-5-4-10-24(13-16)20(25)21-12-15-6-8-17(26-3)9-7-15/h6-9,14,16H,4-5,10-13H2,1-3H3,(H,21,25). The van der Waals surface area contributed by atoms with E-state index in [4.69, 9.17) is 4.74 Å². The Morgan fingerprint density at radius 2 is 2.11 bits per heavy atom. The maximum Gasteiger partial charge on any atom is 0.317 e. The molecule has 0 aliphatic carbocycles. The van der Waals surface area contributed by atoms with E-state index in [1.54, 1.807) is 18.4 Å². The monoisotopic (exact) mass is 388 g/mol. The van der Waals surface area contributed by atoms with Gasteiger partial charge >= 0.3 is 6.03 Å². The fourth-order valence-corrected chi connectivity index (χ4v) is 4.44. The summed E-state index contributed by atoms with van der Waals surface area (Å²) < 4.78 is 5.16. The highest BCUT2D eigenvalue weighted by molar-refractivity contribution is 7.11. The van der Waals surface area contributed by atoms with Gasteiger partial charge in [0, 0.05) is 32.0 Å². The lowest BCUT2D eigenvalue weighted by atomic mass is 9.99. The fourth-order valence-electron chi connectivity index (χ4n) is 3.26. The lowest BCUT2D eigenvalue weighted by Crippen LogP contribution is -2.44. The summed E-state index contributed by atoms with van der Waals surface area (Å²) in [7, 11) is 1.65. The highest BCUT2D eigenvalue weighted by atomic mass is 32.1. The van der Waals surface area contributed by atoms with Crippen molar-refractivity contribution < 1.29 is 9.53 Å². The molecule has 6 nitrogen and oxygen atoms in total. The smallest absolute Gasteiger partial charge is 0.317 e. The summed E-state index contributed by atoms with van der Waals surface area (Å²) in [6, 6.07) is 7.73. The van der Waals surface area contributed by atoms with Crippen LogP contribution >= 0.6 is 11.3 Å². The van der Waals surface area contributed by atoms with Crippen molar-refractivity contribution in [2.45, 2.75) is 45.6 Å². The third-order valence-electron chi connectivity index (χ3n) is 4.73. The second kappa shape index (κ2) is 9.17. The van der Waals surface area contributed by atoms with Gasteiger partial charge in [-0.25, -0.2) is 4.79 Å². The molecule has 27 heavy (non-hydrogen) atoms. The molecule has 1 fully saturated rings. The summed E-state index contributed by atoms with van der Waals surface area (Å²) in [5.41, 5.74) is 1.06. The van der Waals surface area contributed by atoms with Gasteiger partial charge in [0.2, 0.25) is 0 Å². The Kier molecular flexibility index (Phi) is 6.66. The summed E-state index contributed by atoms with van der Waals surface area (Å²) in [6.07, 6.45) is 3.04. The number of nitrogens with one attached hydrogen (secondary N) is 1. The molecule has 1 aliphatic heterocycles. The number of aromatic nitrogens is 2. The van der Waals surface area contributed by atoms with Crippen LogP contribution in [0.4, 0.5) is 4.79 Å². The van der Waals surface area contributed by atoms with Gasteiger partial charge < -0.3 is 15.0 Å². The van der Waals surface area contributed by atoms with Gasteiger partial charge in [0.05, 0.1) is 7.11 Å². The number of likely N-dealkylation sites (tertiary alicyclic amines) is 1. The van der Waals surface area contributed by atoms with Crippen LogP contribution in [0.3, 0.4) is 0 Å². The number of nitrogens with zero attached hydrogens (tertiary/aromatic N) is 3. The molecule has 0 saturated carbocycles. The minimum atomic E-state index is -0.0116. The normalized spacial score (nSPS) is 17.2. The zero-order chi connectivity index (χ0) is 19.2. The Labute approximate surface area is 164 Å². The summed E-state index contributed by atoms with van der Waals surface area (Å²) in [6.45, 7) is 6.40. The van der Waals surface area contributed by atoms with Gasteiger partial charge in [0.15, 0.2) is 0 Å². The highest BCUT2D eigenvalue weighted by Crippen LogP contribution is 2.29. The molecule has 7 heteroatoms. The summed E-state index contributed by atoms with van der Waals surface area (Å²) in [4.78, 5) is 14.5. The molecular weight excluding hydrogens is 360 g/mol. The SMILES string of the molecule is COc1ccc(CNC(=O)N2CCCC(c3nnc(CC(C)C)s3)C2)cc1. The quantitative estimate of drug-likeness (QED) is 0.816. The molecule has 3 rings (SSSR count). The fraction of sp³-hybridized carbons (Fsp3) is 0.550. The van der Waals surface area contributed by atoms with Crippen molar-refractivity contribution in [2.75, 3.05) is 20.2 Å². The van der Waals surface area contributed by atoms with E-state index in [-0.39, 0.29) is 6.03 Å². The number of amides is 2. The van der Waals surface area contributed by atoms with Crippen molar-refractivity contribution in [1.82, 2.24) is 20.4 Å². The van der Waals surface area contributed by atoms with Crippen molar-refractivity contribution >= 4 is 17.4 Å². The van der Waals surface area contributed by atoms with E-state index in [0.717, 1.165) is 47.1 Å². The molecule has 1 saturated heterocycles. The molecule has 1 aromatic carbocycles. The van der Waals surface area contributed by atoms with Crippen molar-refractivity contribution in [3.05, 3.63) is 39.8 Å². The number of ether oxygens (including phenoxy) is 1. The maximum atomic E-state index is 12.6. The molecule has 1 aromatic heterocycles. The molecule has 1 aliphatic rings. The van der Waals surface area contributed by atoms with Gasteiger partial charge in [-0.1, -0.05) is 26.0 Å². The van der Waals surface area contributed by atoms with Crippen molar-refractivity contribution in [2.24, 2.45) is 5.92 Å². The first-order valence-corrected chi connectivity index (χ1v) is 10.3. The topological polar surface area (TPSA) is 67.3 Å². The molecule has 0 bridgehead atoms. The predicted octanol–water partition coefficient (Wildman–Crippen LogP) is 3.83. The number of carbonyl (C=O) groups excluding carboxylic acids is 1. The Hall–Kier alpha value is -2.15. The number of rotatable bonds is 6. The van der Waals surface area contributed by atoms with Crippen molar-refractivity contribution in [3.63, 3.8) is 0 Å². The van der Waals surface area contributed by atoms with E-state index in [9.17, 15) is 4.79 Å². The van der Waals surface area contributed by atoms with Crippen LogP contribution in [0.15, 0.2) is 24.3 Å². The van der Waals surface area contributed by atoms with E-state index < -0.39 is 0 Å². The largest absolute Gasteiger partial charge is 0.497 e. The number of carbonyl (C=O) groups is 1. The number of methoxy groups -OCH3 is 1. The van der Waals surface area contributed by atoms with Gasteiger partial charge in [-0.05, 0) is 36.5 Å². The van der Waals surface area contributed by atoms with E-state index >= 15 is 0 Å². The molecule has 1 atom stereocenters. The first-order chi connectivity index (χ1) is 13.0. The number of urea groups is 1. The van der Waals surface area contributed by atoms with Crippen molar-refractivity contribution in [3.8, 4) is 5.75 Å². The van der Waals surface area contributed by atoms with E-state index in [2.05, 4.69) is 29.4 Å². The molecule has 146 valence electrons. The number of piperidine rings is 1. The number of hydrogen-bond acceptors (Lipinski definition) is 5. The zero-order valence-electron chi connectivity index (χ0n) is 16.3. The average Bonchev–Trinajstić information content (AvgIpc) is 3.14. The Morgan fingerprint density at radius 3 is 2.81 bits per heavy atom. The second-order valence-corrected chi connectivity index (χ2v) is 8.52. The van der Waals surface area contributed by atoms with Crippen LogP contribution in [0.5, 0.6) is 5.75 Å². The van der Waals surface area contributed by atoms with Crippen LogP contribution in [-0.4, -0.2) is 41.3 Å². The molecule has 2 heterocycles. The molecule has 1 unspecified atom stereocenters. The van der Waals surface area contributed by atoms with E-state index in [1.165, 1.54) is 0 Å². The van der Waals surface area contributed by atoms with Gasteiger partial charge in [-0.15, -0.1) is 21.5 Å². The molecular formula is C20H28N4O2S. The third kappa shape index (κ3) is 5.42. The third-order valence-corrected chi connectivity index (χ3v) is 5.83. The molecule has 0 radical (unpaired) electrons. The van der Waals surface area contributed by atoms with Gasteiger partial charge in [0.1, 0.15) is 15.8 Å². The molecule has 2 aromatic rings. The zero-order valence-corrected chi connectivity index (χ0v) is 17.1. The lowest BCUT2D eigenvalue weighted by Gasteiger charge is -2.31. The minimum Gasteiger partial charge on any atom is -0.497 e. The minimum absolute atomic E-state index is 0.0116. The van der Waals surface area contributed by atoms with Gasteiger partial charge in [-0.3, -0.25) is 0 Å². The average molecular weight is 389 g/mol. The van der Waals surface area contributed by atoms with E-state index in [0.29, 0.717) is 24.9 Å². The first-order valence-electron chi connectivity index (χ1n) is 9.53. The van der Waals surface area contributed by atoms with Crippen LogP contribution < -0.4 is 10.1 Å². The van der Waals surface area contributed by atoms with Crippen LogP contribution in [0.1, 0.15) is 48.2 Å². The van der Waals surface area contributed by atoms with Crippen LogP contribution in [0.2, 0.25) is 0 Å². The van der Waals surface area contributed by atoms with Crippen LogP contribution in [0, 0.1) is 5.92 Å². The first kappa shape index (κ1) is 19.6. The molecule has 2 amide bonds. The predicted molar refractivity (Wildman–Crippen MR) is 107 cm³/mol. The molecule has 0 spiro atoms. The lowest BCUT2D eigenvalue weighted by molar-refractivity contribution is 0.179. The maximum absolute atomic E-state index is 12.6. The van der Waals surface area contributed by atoms with Crippen LogP contribution in [-0.2, 0) is 13.0 Å². The summed E-state index contributed by atoms with van der Waals surface area (Å²) >= 11 is 1.70. The van der Waals surface area contributed by atoms with E-state index in [1.807, 2.05) is 29.2 Å². The second-order valence-electron chi connectivity index (χ2n) is 7.42. The Morgan fingerprint density at radius 1 is 1.33 bits per heavy atom. The van der Waals surface area contributed by atoms with Gasteiger partial charge in [0.25, 0.3) is 0 Å². The van der Waals surface area contributed by atoms with Crippen molar-refractivity contribution in [1.29, 1.82) is 0 Å². The number of hydrogen-bond donors (Lipinski definition) is 1. The summed E-state index contributed by atoms with van der Waals surface area (Å²) in [5, 5.41) is 13.9. The van der Waals surface area contributed by atoms with Crippen LogP contribution in [0.25, 0.3) is 0 Å². The molecule has 1 N–H and O–H groups in total. The number of benzene rings is 1. The Balaban J connectivity index is 1.53. The highest BCUT2D eigenvalue weighted by Gasteiger charge is 2.27. The summed E-state index contributed by atoms with van der Waals surface area (Å²) in [5.74, 6) is 1.69.